The second-order valence-corrected chi connectivity index (χ2v) is 9.45. The summed E-state index contributed by atoms with van der Waals surface area (Å²) in [5.74, 6) is 14.0. The molecule has 0 fully saturated rings. The van der Waals surface area contributed by atoms with Gasteiger partial charge in [-0.2, -0.15) is 0 Å². The fourth-order valence-electron chi connectivity index (χ4n) is 5.10. The summed E-state index contributed by atoms with van der Waals surface area (Å²) in [5, 5.41) is 0.804. The zero-order valence-electron chi connectivity index (χ0n) is 22.5. The normalized spacial score (nSPS) is 10.8. The Balaban J connectivity index is 1.53. The van der Waals surface area contributed by atoms with Gasteiger partial charge < -0.3 is 9.47 Å². The van der Waals surface area contributed by atoms with E-state index in [2.05, 4.69) is 23.7 Å². The van der Waals surface area contributed by atoms with E-state index in [-0.39, 0.29) is 11.1 Å². The van der Waals surface area contributed by atoms with Gasteiger partial charge in [0, 0.05) is 11.1 Å². The van der Waals surface area contributed by atoms with Crippen LogP contribution in [0.2, 0.25) is 0 Å². The number of pyridine rings is 2. The molecule has 0 spiro atoms. The summed E-state index contributed by atoms with van der Waals surface area (Å²) in [4.78, 5) is 27.8. The molecule has 0 bridgehead atoms. The molecule has 6 nitrogen and oxygen atoms in total. The molecular formula is C34H24N2O4. The molecule has 6 aromatic rings. The SMILES string of the molecule is COc1ccc(C#Cc2ccc3c(C)c4c(=O)n5c(C#Cc6ccc(OC)cc6)ccc5c(C)c4c(=O)n23)cc1. The molecular weight excluding hydrogens is 500 g/mol. The maximum Gasteiger partial charge on any atom is 0.264 e. The highest BCUT2D eigenvalue weighted by Crippen LogP contribution is 2.25. The Morgan fingerprint density at radius 2 is 0.900 bits per heavy atom. The van der Waals surface area contributed by atoms with Gasteiger partial charge in [-0.1, -0.05) is 11.8 Å². The lowest BCUT2D eigenvalue weighted by atomic mass is 10.0. The predicted octanol–water partition coefficient (Wildman–Crippen LogP) is 4.94. The zero-order valence-corrected chi connectivity index (χ0v) is 22.5. The van der Waals surface area contributed by atoms with Crippen LogP contribution in [0.25, 0.3) is 21.8 Å². The van der Waals surface area contributed by atoms with E-state index < -0.39 is 0 Å². The van der Waals surface area contributed by atoms with Crippen LogP contribution in [0.3, 0.4) is 0 Å². The van der Waals surface area contributed by atoms with E-state index in [4.69, 9.17) is 9.47 Å². The molecule has 0 saturated heterocycles. The van der Waals surface area contributed by atoms with Gasteiger partial charge in [0.15, 0.2) is 0 Å². The van der Waals surface area contributed by atoms with Crippen molar-refractivity contribution in [3.05, 3.63) is 127 Å². The van der Waals surface area contributed by atoms with Crippen molar-refractivity contribution < 1.29 is 9.47 Å². The first-order valence-electron chi connectivity index (χ1n) is 12.7. The summed E-state index contributed by atoms with van der Waals surface area (Å²) < 4.78 is 13.6. The lowest BCUT2D eigenvalue weighted by molar-refractivity contribution is 0.414. The number of methoxy groups -OCH3 is 2. The first kappa shape index (κ1) is 24.9. The summed E-state index contributed by atoms with van der Waals surface area (Å²) in [6.07, 6.45) is 0. The van der Waals surface area contributed by atoms with E-state index in [0.29, 0.717) is 33.2 Å². The van der Waals surface area contributed by atoms with Gasteiger partial charge in [0.1, 0.15) is 22.9 Å². The summed E-state index contributed by atoms with van der Waals surface area (Å²) in [5.41, 5.74) is 4.98. The van der Waals surface area contributed by atoms with Crippen molar-refractivity contribution in [1.82, 2.24) is 8.80 Å². The van der Waals surface area contributed by atoms with Gasteiger partial charge in [-0.05, 0) is 110 Å². The Hall–Kier alpha value is -5.46. The van der Waals surface area contributed by atoms with Crippen LogP contribution < -0.4 is 20.6 Å². The molecule has 0 radical (unpaired) electrons. The highest BCUT2D eigenvalue weighted by Gasteiger charge is 2.20. The number of aryl methyl sites for hydroxylation is 2. The minimum Gasteiger partial charge on any atom is -0.497 e. The van der Waals surface area contributed by atoms with E-state index in [1.54, 1.807) is 23.0 Å². The molecule has 0 amide bonds. The van der Waals surface area contributed by atoms with Crippen LogP contribution >= 0.6 is 0 Å². The maximum absolute atomic E-state index is 13.9. The molecule has 40 heavy (non-hydrogen) atoms. The molecule has 4 heterocycles. The van der Waals surface area contributed by atoms with Gasteiger partial charge in [-0.15, -0.1) is 0 Å². The fourth-order valence-corrected chi connectivity index (χ4v) is 5.10. The maximum atomic E-state index is 13.9. The Morgan fingerprint density at radius 1 is 0.525 bits per heavy atom. The molecule has 0 saturated carbocycles. The van der Waals surface area contributed by atoms with Crippen LogP contribution in [0.15, 0.2) is 82.4 Å². The monoisotopic (exact) mass is 524 g/mol. The number of rotatable bonds is 2. The Kier molecular flexibility index (Phi) is 6.02. The second-order valence-electron chi connectivity index (χ2n) is 9.45. The van der Waals surface area contributed by atoms with Crippen LogP contribution in [0, 0.1) is 37.5 Å². The van der Waals surface area contributed by atoms with Crippen LogP contribution in [-0.4, -0.2) is 23.0 Å². The number of aromatic nitrogens is 2. The Labute approximate surface area is 230 Å². The number of fused-ring (bicyclic) bond motifs is 3. The number of hydrogen-bond acceptors (Lipinski definition) is 4. The van der Waals surface area contributed by atoms with Gasteiger partial charge in [-0.25, -0.2) is 0 Å². The third-order valence-electron chi connectivity index (χ3n) is 7.21. The average molecular weight is 525 g/mol. The zero-order chi connectivity index (χ0) is 28.0. The van der Waals surface area contributed by atoms with Crippen molar-refractivity contribution >= 4 is 21.8 Å². The second kappa shape index (κ2) is 9.69. The van der Waals surface area contributed by atoms with Gasteiger partial charge >= 0.3 is 0 Å². The fraction of sp³-hybridized carbons (Fsp3) is 0.118. The third kappa shape index (κ3) is 3.95. The first-order valence-corrected chi connectivity index (χ1v) is 12.7. The quantitative estimate of drug-likeness (QED) is 0.301. The Morgan fingerprint density at radius 3 is 1.25 bits per heavy atom. The average Bonchev–Trinajstić information content (AvgIpc) is 3.61. The largest absolute Gasteiger partial charge is 0.497 e. The van der Waals surface area contributed by atoms with E-state index in [9.17, 15) is 9.59 Å². The van der Waals surface area contributed by atoms with Gasteiger partial charge in [0.05, 0.1) is 36.0 Å². The topological polar surface area (TPSA) is 61.4 Å². The van der Waals surface area contributed by atoms with Crippen LogP contribution in [-0.2, 0) is 0 Å². The lowest BCUT2D eigenvalue weighted by Gasteiger charge is -2.10. The van der Waals surface area contributed by atoms with Gasteiger partial charge in [-0.3, -0.25) is 18.4 Å². The van der Waals surface area contributed by atoms with Crippen molar-refractivity contribution in [3.63, 3.8) is 0 Å². The van der Waals surface area contributed by atoms with Crippen LogP contribution in [0.4, 0.5) is 0 Å². The van der Waals surface area contributed by atoms with Gasteiger partial charge in [0.2, 0.25) is 0 Å². The van der Waals surface area contributed by atoms with E-state index >= 15 is 0 Å². The molecule has 0 aliphatic rings. The predicted molar refractivity (Wildman–Crippen MR) is 157 cm³/mol. The van der Waals surface area contributed by atoms with E-state index in [1.165, 1.54) is 0 Å². The smallest absolute Gasteiger partial charge is 0.264 e. The van der Waals surface area contributed by atoms with Crippen molar-refractivity contribution in [2.45, 2.75) is 13.8 Å². The number of hydrogen-bond donors (Lipinski definition) is 0. The van der Waals surface area contributed by atoms with E-state index in [0.717, 1.165) is 33.8 Å². The molecule has 2 aromatic carbocycles. The molecule has 0 atom stereocenters. The lowest BCUT2D eigenvalue weighted by Crippen LogP contribution is -2.24. The van der Waals surface area contributed by atoms with Gasteiger partial charge in [0.25, 0.3) is 11.1 Å². The summed E-state index contributed by atoms with van der Waals surface area (Å²) in [6.45, 7) is 3.74. The standard InChI is InChI=1S/C34H24N2O4/c1-21-29-19-13-25(11-5-23-7-15-27(39-3)16-8-23)35(29)34(38)32-22(2)30-20-14-26(36(30)33(37)31(21)32)12-6-24-9-17-28(40-4)18-10-24/h7-10,13-20H,1-4H3. The summed E-state index contributed by atoms with van der Waals surface area (Å²) in [7, 11) is 3.23. The van der Waals surface area contributed by atoms with Crippen molar-refractivity contribution in [1.29, 1.82) is 0 Å². The number of ether oxygens (including phenoxy) is 2. The van der Waals surface area contributed by atoms with E-state index in [1.807, 2.05) is 86.6 Å². The molecule has 194 valence electrons. The third-order valence-corrected chi connectivity index (χ3v) is 7.21. The molecule has 0 N–H and O–H groups in total. The van der Waals surface area contributed by atoms with Crippen LogP contribution in [0.5, 0.6) is 11.5 Å². The molecule has 6 heteroatoms. The molecule has 4 aromatic heterocycles. The number of benzene rings is 2. The Bertz CT molecular complexity index is 2020. The minimum atomic E-state index is -0.260. The summed E-state index contributed by atoms with van der Waals surface area (Å²) in [6, 6.07) is 22.2. The molecule has 0 unspecified atom stereocenters. The number of nitrogens with zero attached hydrogens (tertiary/aromatic N) is 2. The van der Waals surface area contributed by atoms with Crippen molar-refractivity contribution in [2.24, 2.45) is 0 Å². The van der Waals surface area contributed by atoms with Crippen LogP contribution in [0.1, 0.15) is 33.6 Å². The molecule has 0 aliphatic carbocycles. The summed E-state index contributed by atoms with van der Waals surface area (Å²) >= 11 is 0. The molecule has 6 rings (SSSR count). The first-order chi connectivity index (χ1) is 19.4. The molecule has 0 aliphatic heterocycles. The highest BCUT2D eigenvalue weighted by atomic mass is 16.5. The van der Waals surface area contributed by atoms with Crippen molar-refractivity contribution in [3.8, 4) is 35.2 Å². The highest BCUT2D eigenvalue weighted by molar-refractivity contribution is 5.95. The van der Waals surface area contributed by atoms with Crippen molar-refractivity contribution in [2.75, 3.05) is 14.2 Å². The minimum absolute atomic E-state index is 0.260.